The zero-order valence-electron chi connectivity index (χ0n) is 12.5. The summed E-state index contributed by atoms with van der Waals surface area (Å²) < 4.78 is 11.9. The molecule has 0 aliphatic rings. The summed E-state index contributed by atoms with van der Waals surface area (Å²) in [6.45, 7) is 4.63. The molecule has 0 saturated heterocycles. The van der Waals surface area contributed by atoms with Crippen LogP contribution in [0.4, 0.5) is 0 Å². The third kappa shape index (κ3) is 5.26. The maximum atomic E-state index is 5.82. The minimum absolute atomic E-state index is 0.741. The lowest BCUT2D eigenvalue weighted by molar-refractivity contribution is 0.199. The second-order valence-electron chi connectivity index (χ2n) is 4.98. The van der Waals surface area contributed by atoms with Gasteiger partial charge in [0.15, 0.2) is 11.7 Å². The van der Waals surface area contributed by atoms with Crippen molar-refractivity contribution in [1.82, 2.24) is 10.3 Å². The number of aromatic nitrogens is 1. The number of nitrogens with zero attached hydrogens (tertiary/aromatic N) is 1. The summed E-state index contributed by atoms with van der Waals surface area (Å²) in [5.74, 6) is 1.61. The Balaban J connectivity index is 1.86. The van der Waals surface area contributed by atoms with E-state index >= 15 is 0 Å². The van der Waals surface area contributed by atoms with E-state index in [1.165, 1.54) is 5.56 Å². The van der Waals surface area contributed by atoms with Gasteiger partial charge in [0.1, 0.15) is 0 Å². The molecule has 0 unspecified atom stereocenters. The van der Waals surface area contributed by atoms with Crippen LogP contribution in [-0.2, 0) is 11.2 Å². The van der Waals surface area contributed by atoms with E-state index in [-0.39, 0.29) is 0 Å². The van der Waals surface area contributed by atoms with Gasteiger partial charge in [0.05, 0.1) is 12.8 Å². The maximum Gasteiger partial charge on any atom is 0.194 e. The van der Waals surface area contributed by atoms with Gasteiger partial charge in [-0.2, -0.15) is 0 Å². The molecule has 0 bridgehead atoms. The number of hydrogen-bond acceptors (Lipinski definition) is 4. The zero-order chi connectivity index (χ0) is 15.1. The van der Waals surface area contributed by atoms with Crippen molar-refractivity contribution in [3.8, 4) is 11.3 Å². The van der Waals surface area contributed by atoms with E-state index < -0.39 is 0 Å². The fourth-order valence-corrected chi connectivity index (χ4v) is 2.71. The molecule has 5 heteroatoms. The molecule has 1 aromatic carbocycles. The lowest BCUT2D eigenvalue weighted by Gasteiger charge is -2.02. The molecule has 114 valence electrons. The second kappa shape index (κ2) is 8.32. The first kappa shape index (κ1) is 16.2. The predicted molar refractivity (Wildman–Crippen MR) is 87.4 cm³/mol. The highest BCUT2D eigenvalue weighted by Gasteiger charge is 2.07. The monoisotopic (exact) mass is 352 g/mol. The van der Waals surface area contributed by atoms with Crippen molar-refractivity contribution >= 4 is 15.9 Å². The Morgan fingerprint density at radius 2 is 2.14 bits per heavy atom. The van der Waals surface area contributed by atoms with Crippen molar-refractivity contribution in [3.63, 3.8) is 0 Å². The molecule has 21 heavy (non-hydrogen) atoms. The molecule has 1 N–H and O–H groups in total. The maximum absolute atomic E-state index is 5.82. The number of aryl methyl sites for hydroxylation is 2. The van der Waals surface area contributed by atoms with E-state index in [0.717, 1.165) is 54.2 Å². The van der Waals surface area contributed by atoms with Gasteiger partial charge in [0, 0.05) is 30.1 Å². The Labute approximate surface area is 134 Å². The second-order valence-corrected chi connectivity index (χ2v) is 5.90. The third-order valence-corrected chi connectivity index (χ3v) is 3.57. The van der Waals surface area contributed by atoms with Gasteiger partial charge in [-0.1, -0.05) is 15.9 Å². The van der Waals surface area contributed by atoms with Crippen molar-refractivity contribution in [2.75, 3.05) is 26.8 Å². The highest BCUT2D eigenvalue weighted by molar-refractivity contribution is 9.10. The SMILES string of the molecule is COCCNCCCc1ncc(-c2cc(C)cc(Br)c2)o1. The molecule has 0 aliphatic carbocycles. The average Bonchev–Trinajstić information content (AvgIpc) is 2.90. The van der Waals surface area contributed by atoms with E-state index in [2.05, 4.69) is 45.3 Å². The van der Waals surface area contributed by atoms with Crippen LogP contribution in [0.1, 0.15) is 17.9 Å². The van der Waals surface area contributed by atoms with Crippen molar-refractivity contribution in [2.45, 2.75) is 19.8 Å². The van der Waals surface area contributed by atoms with Crippen LogP contribution in [0.2, 0.25) is 0 Å². The smallest absolute Gasteiger partial charge is 0.194 e. The summed E-state index contributed by atoms with van der Waals surface area (Å²) in [6.07, 6.45) is 3.64. The lowest BCUT2D eigenvalue weighted by atomic mass is 10.1. The Morgan fingerprint density at radius 3 is 2.90 bits per heavy atom. The Morgan fingerprint density at radius 1 is 1.29 bits per heavy atom. The fourth-order valence-electron chi connectivity index (χ4n) is 2.10. The van der Waals surface area contributed by atoms with E-state index in [4.69, 9.17) is 9.15 Å². The van der Waals surface area contributed by atoms with Gasteiger partial charge in [-0.25, -0.2) is 4.98 Å². The van der Waals surface area contributed by atoms with Gasteiger partial charge in [0.25, 0.3) is 0 Å². The number of halogens is 1. The van der Waals surface area contributed by atoms with Crippen LogP contribution in [0, 0.1) is 6.92 Å². The number of ether oxygens (including phenoxy) is 1. The van der Waals surface area contributed by atoms with Crippen molar-refractivity contribution in [3.05, 3.63) is 40.3 Å². The summed E-state index contributed by atoms with van der Waals surface area (Å²) in [7, 11) is 1.71. The number of hydrogen-bond donors (Lipinski definition) is 1. The normalized spacial score (nSPS) is 11.0. The zero-order valence-corrected chi connectivity index (χ0v) is 14.1. The van der Waals surface area contributed by atoms with Crippen LogP contribution >= 0.6 is 15.9 Å². The molecule has 0 fully saturated rings. The molecule has 0 saturated carbocycles. The molecule has 2 rings (SSSR count). The van der Waals surface area contributed by atoms with Crippen LogP contribution in [0.15, 0.2) is 33.3 Å². The number of oxazole rings is 1. The van der Waals surface area contributed by atoms with Crippen LogP contribution in [0.25, 0.3) is 11.3 Å². The number of benzene rings is 1. The van der Waals surface area contributed by atoms with E-state index in [9.17, 15) is 0 Å². The van der Waals surface area contributed by atoms with E-state index in [1.807, 2.05) is 6.07 Å². The quantitative estimate of drug-likeness (QED) is 0.737. The molecule has 1 heterocycles. The third-order valence-electron chi connectivity index (χ3n) is 3.11. The molecule has 0 aliphatic heterocycles. The minimum atomic E-state index is 0.741. The van der Waals surface area contributed by atoms with Gasteiger partial charge in [0.2, 0.25) is 0 Å². The van der Waals surface area contributed by atoms with Crippen LogP contribution in [-0.4, -0.2) is 31.8 Å². The molecule has 0 spiro atoms. The molecular weight excluding hydrogens is 332 g/mol. The molecule has 1 aromatic heterocycles. The lowest BCUT2D eigenvalue weighted by Crippen LogP contribution is -2.20. The summed E-state index contributed by atoms with van der Waals surface area (Å²) in [5.41, 5.74) is 2.25. The summed E-state index contributed by atoms with van der Waals surface area (Å²) >= 11 is 3.51. The van der Waals surface area contributed by atoms with Crippen molar-refractivity contribution in [2.24, 2.45) is 0 Å². The van der Waals surface area contributed by atoms with Gasteiger partial charge >= 0.3 is 0 Å². The molecule has 0 radical (unpaired) electrons. The molecule has 2 aromatic rings. The average molecular weight is 353 g/mol. The first-order valence-electron chi connectivity index (χ1n) is 7.11. The van der Waals surface area contributed by atoms with Gasteiger partial charge in [-0.05, 0) is 43.7 Å². The van der Waals surface area contributed by atoms with Crippen LogP contribution < -0.4 is 5.32 Å². The molecular formula is C16H21BrN2O2. The highest BCUT2D eigenvalue weighted by Crippen LogP contribution is 2.25. The first-order valence-corrected chi connectivity index (χ1v) is 7.90. The summed E-state index contributed by atoms with van der Waals surface area (Å²) in [5, 5.41) is 3.31. The topological polar surface area (TPSA) is 47.3 Å². The van der Waals surface area contributed by atoms with Crippen LogP contribution in [0.5, 0.6) is 0 Å². The molecule has 4 nitrogen and oxygen atoms in total. The van der Waals surface area contributed by atoms with Gasteiger partial charge in [-0.3, -0.25) is 0 Å². The standard InChI is InChI=1S/C16H21BrN2O2/c1-12-8-13(10-14(17)9-12)15-11-19-16(21-15)4-3-5-18-6-7-20-2/h8-11,18H,3-7H2,1-2H3. The largest absolute Gasteiger partial charge is 0.441 e. The van der Waals surface area contributed by atoms with E-state index in [0.29, 0.717) is 0 Å². The highest BCUT2D eigenvalue weighted by atomic mass is 79.9. The number of rotatable bonds is 8. The fraction of sp³-hybridized carbons (Fsp3) is 0.438. The van der Waals surface area contributed by atoms with Crippen molar-refractivity contribution in [1.29, 1.82) is 0 Å². The molecule has 0 atom stereocenters. The van der Waals surface area contributed by atoms with Gasteiger partial charge < -0.3 is 14.5 Å². The Hall–Kier alpha value is -1.17. The van der Waals surface area contributed by atoms with Crippen molar-refractivity contribution < 1.29 is 9.15 Å². The summed E-state index contributed by atoms with van der Waals surface area (Å²) in [4.78, 5) is 4.35. The molecule has 0 amide bonds. The predicted octanol–water partition coefficient (Wildman–Crippen LogP) is 3.58. The summed E-state index contributed by atoms with van der Waals surface area (Å²) in [6, 6.07) is 6.22. The number of methoxy groups -OCH3 is 1. The Kier molecular flexibility index (Phi) is 6.42. The Bertz CT molecular complexity index is 549. The van der Waals surface area contributed by atoms with Gasteiger partial charge in [-0.15, -0.1) is 0 Å². The first-order chi connectivity index (χ1) is 10.2. The number of nitrogens with one attached hydrogen (secondary N) is 1. The van der Waals surface area contributed by atoms with Crippen LogP contribution in [0.3, 0.4) is 0 Å². The van der Waals surface area contributed by atoms with E-state index in [1.54, 1.807) is 13.3 Å². The minimum Gasteiger partial charge on any atom is -0.441 e.